The summed E-state index contributed by atoms with van der Waals surface area (Å²) in [7, 11) is 0. The summed E-state index contributed by atoms with van der Waals surface area (Å²) in [4.78, 5) is 37.1. The topological polar surface area (TPSA) is 102 Å². The number of carbonyl (C=O) groups is 1. The van der Waals surface area contributed by atoms with Crippen LogP contribution in [0.15, 0.2) is 53.8 Å². The average molecular weight is 445 g/mol. The predicted molar refractivity (Wildman–Crippen MR) is 127 cm³/mol. The maximum atomic E-state index is 12.3. The van der Waals surface area contributed by atoms with Crippen LogP contribution in [0.5, 0.6) is 0 Å². The first-order valence-electron chi connectivity index (χ1n) is 11.6. The molecule has 170 valence electrons. The lowest BCUT2D eigenvalue weighted by molar-refractivity contribution is -0.116. The Bertz CT molecular complexity index is 1180. The summed E-state index contributed by atoms with van der Waals surface area (Å²) in [6, 6.07) is 7.58. The van der Waals surface area contributed by atoms with Crippen LogP contribution in [0.3, 0.4) is 0 Å². The number of nitrogens with one attached hydrogen (secondary N) is 2. The summed E-state index contributed by atoms with van der Waals surface area (Å²) in [5.41, 5.74) is 2.57. The molecule has 3 heterocycles. The van der Waals surface area contributed by atoms with Crippen LogP contribution >= 0.6 is 0 Å². The van der Waals surface area contributed by atoms with Gasteiger partial charge in [0.05, 0.1) is 11.9 Å². The Hall–Kier alpha value is -3.55. The molecule has 5 rings (SSSR count). The van der Waals surface area contributed by atoms with E-state index in [0.717, 1.165) is 30.6 Å². The fourth-order valence-corrected chi connectivity index (χ4v) is 4.41. The summed E-state index contributed by atoms with van der Waals surface area (Å²) in [5.74, 6) is 2.21. The first kappa shape index (κ1) is 21.3. The van der Waals surface area contributed by atoms with E-state index in [1.807, 2.05) is 24.5 Å². The number of hydrogen-bond donors (Lipinski definition) is 2. The maximum Gasteiger partial charge on any atom is 0.255 e. The van der Waals surface area contributed by atoms with Gasteiger partial charge in [0.25, 0.3) is 5.56 Å². The number of carbonyl (C=O) groups excluding carboxylic acids is 1. The lowest BCUT2D eigenvalue weighted by Crippen LogP contribution is -2.22. The van der Waals surface area contributed by atoms with Gasteiger partial charge in [-0.3, -0.25) is 14.2 Å². The first-order valence-corrected chi connectivity index (χ1v) is 11.6. The molecule has 3 aromatic rings. The molecule has 2 fully saturated rings. The van der Waals surface area contributed by atoms with Gasteiger partial charge in [-0.05, 0) is 68.2 Å². The Balaban J connectivity index is 1.18. The lowest BCUT2D eigenvalue weighted by Gasteiger charge is -2.15. The molecule has 3 aromatic heterocycles. The number of anilines is 2. The van der Waals surface area contributed by atoms with Gasteiger partial charge in [0.1, 0.15) is 11.6 Å². The zero-order valence-electron chi connectivity index (χ0n) is 18.7. The van der Waals surface area contributed by atoms with E-state index in [9.17, 15) is 9.59 Å². The van der Waals surface area contributed by atoms with Crippen molar-refractivity contribution in [3.05, 3.63) is 70.5 Å². The van der Waals surface area contributed by atoms with Crippen molar-refractivity contribution < 1.29 is 4.79 Å². The second-order valence-electron chi connectivity index (χ2n) is 9.14. The third-order valence-corrected chi connectivity index (χ3v) is 6.29. The Kier molecular flexibility index (Phi) is 5.90. The van der Waals surface area contributed by atoms with E-state index < -0.39 is 0 Å². The van der Waals surface area contributed by atoms with Crippen LogP contribution in [0.4, 0.5) is 11.8 Å². The van der Waals surface area contributed by atoms with Gasteiger partial charge in [0, 0.05) is 43.2 Å². The maximum absolute atomic E-state index is 12.3. The molecule has 2 saturated carbocycles. The second-order valence-corrected chi connectivity index (χ2v) is 9.14. The molecule has 0 aromatic carbocycles. The number of pyridine rings is 2. The van der Waals surface area contributed by atoms with Crippen molar-refractivity contribution in [2.75, 3.05) is 10.6 Å². The second kappa shape index (κ2) is 9.13. The third-order valence-electron chi connectivity index (χ3n) is 6.29. The highest BCUT2D eigenvalue weighted by molar-refractivity contribution is 5.78. The van der Waals surface area contributed by atoms with Crippen LogP contribution in [0, 0.1) is 0 Å². The fraction of sp³-hybridized carbons (Fsp3) is 0.400. The molecule has 0 radical (unpaired) electrons. The van der Waals surface area contributed by atoms with Crippen molar-refractivity contribution in [2.24, 2.45) is 0 Å². The molecule has 8 nitrogen and oxygen atoms in total. The summed E-state index contributed by atoms with van der Waals surface area (Å²) < 4.78 is 1.53. The van der Waals surface area contributed by atoms with Crippen molar-refractivity contribution in [3.63, 3.8) is 0 Å². The molecule has 0 aliphatic heterocycles. The van der Waals surface area contributed by atoms with Crippen molar-refractivity contribution in [1.29, 1.82) is 0 Å². The molecule has 0 unspecified atom stereocenters. The highest BCUT2D eigenvalue weighted by Crippen LogP contribution is 2.39. The van der Waals surface area contributed by atoms with E-state index in [0.29, 0.717) is 36.1 Å². The average Bonchev–Trinajstić information content (AvgIpc) is 3.57. The summed E-state index contributed by atoms with van der Waals surface area (Å²) >= 11 is 0. The first-order chi connectivity index (χ1) is 16.0. The van der Waals surface area contributed by atoms with E-state index in [1.54, 1.807) is 25.4 Å². The van der Waals surface area contributed by atoms with E-state index in [-0.39, 0.29) is 11.3 Å². The minimum Gasteiger partial charge on any atom is -0.367 e. The van der Waals surface area contributed by atoms with Gasteiger partial charge in [-0.1, -0.05) is 6.07 Å². The number of Topliss-reactive ketones (excluding diaryl/α,β-unsaturated/α-hetero) is 1. The quantitative estimate of drug-likeness (QED) is 0.548. The number of rotatable bonds is 8. The minimum absolute atomic E-state index is 0.0593. The Morgan fingerprint density at radius 1 is 0.970 bits per heavy atom. The summed E-state index contributed by atoms with van der Waals surface area (Å²) in [6.45, 7) is 1.54. The highest BCUT2D eigenvalue weighted by Gasteiger charge is 2.26. The van der Waals surface area contributed by atoms with Gasteiger partial charge in [-0.15, -0.1) is 0 Å². The number of hydrogen-bond acceptors (Lipinski definition) is 7. The SMILES string of the molecule is CC(=O)Cc1ccc(=O)n(-c2ccc(N[C@H]3CC[C@H](Nc4ncc(C5CC5)cn4)C3)nc2)c1. The summed E-state index contributed by atoms with van der Waals surface area (Å²) in [6.07, 6.45) is 13.1. The molecule has 0 amide bonds. The van der Waals surface area contributed by atoms with Crippen LogP contribution in [0.25, 0.3) is 5.69 Å². The van der Waals surface area contributed by atoms with E-state index in [1.165, 1.54) is 29.0 Å². The van der Waals surface area contributed by atoms with Crippen LogP contribution < -0.4 is 16.2 Å². The number of aromatic nitrogens is 4. The van der Waals surface area contributed by atoms with Gasteiger partial charge in [-0.25, -0.2) is 15.0 Å². The van der Waals surface area contributed by atoms with E-state index in [2.05, 4.69) is 25.6 Å². The molecule has 0 bridgehead atoms. The van der Waals surface area contributed by atoms with Gasteiger partial charge in [0.15, 0.2) is 0 Å². The van der Waals surface area contributed by atoms with Gasteiger partial charge in [-0.2, -0.15) is 0 Å². The van der Waals surface area contributed by atoms with Crippen molar-refractivity contribution in [2.45, 2.75) is 63.5 Å². The minimum atomic E-state index is -0.151. The normalized spacial score (nSPS) is 19.9. The summed E-state index contributed by atoms with van der Waals surface area (Å²) in [5, 5.41) is 6.95. The highest BCUT2D eigenvalue weighted by atomic mass is 16.1. The standard InChI is InChI=1S/C25H28N6O2/c1-16(32)10-17-2-9-24(33)31(15-17)22-7-8-23(26-14-22)29-20-5-6-21(11-20)30-25-27-12-19(13-28-25)18-3-4-18/h2,7-9,12-15,18,20-21H,3-6,10-11H2,1H3,(H,26,29)(H,27,28,30)/t20-,21-/m0/s1. The van der Waals surface area contributed by atoms with Crippen molar-refractivity contribution >= 4 is 17.5 Å². The van der Waals surface area contributed by atoms with Crippen molar-refractivity contribution in [3.8, 4) is 5.69 Å². The molecule has 2 aliphatic carbocycles. The molecule has 33 heavy (non-hydrogen) atoms. The van der Waals surface area contributed by atoms with Gasteiger partial charge >= 0.3 is 0 Å². The van der Waals surface area contributed by atoms with E-state index in [4.69, 9.17) is 0 Å². The Morgan fingerprint density at radius 2 is 1.73 bits per heavy atom. The number of nitrogens with zero attached hydrogens (tertiary/aromatic N) is 4. The molecule has 0 saturated heterocycles. The predicted octanol–water partition coefficient (Wildman–Crippen LogP) is 3.48. The van der Waals surface area contributed by atoms with Crippen molar-refractivity contribution in [1.82, 2.24) is 19.5 Å². The molecular formula is C25H28N6O2. The molecule has 2 N–H and O–H groups in total. The largest absolute Gasteiger partial charge is 0.367 e. The zero-order valence-corrected chi connectivity index (χ0v) is 18.7. The fourth-order valence-electron chi connectivity index (χ4n) is 4.41. The molecule has 2 atom stereocenters. The zero-order chi connectivity index (χ0) is 22.8. The molecule has 8 heteroatoms. The van der Waals surface area contributed by atoms with Gasteiger partial charge < -0.3 is 10.6 Å². The van der Waals surface area contributed by atoms with Crippen LogP contribution in [-0.2, 0) is 11.2 Å². The molecular weight excluding hydrogens is 416 g/mol. The van der Waals surface area contributed by atoms with Crippen LogP contribution in [-0.4, -0.2) is 37.4 Å². The number of ketones is 1. The monoisotopic (exact) mass is 444 g/mol. The lowest BCUT2D eigenvalue weighted by atomic mass is 10.1. The smallest absolute Gasteiger partial charge is 0.255 e. The van der Waals surface area contributed by atoms with E-state index >= 15 is 0 Å². The Labute approximate surface area is 192 Å². The third kappa shape index (κ3) is 5.27. The van der Waals surface area contributed by atoms with Gasteiger partial charge in [0.2, 0.25) is 5.95 Å². The van der Waals surface area contributed by atoms with Crippen LogP contribution in [0.1, 0.15) is 56.1 Å². The van der Waals surface area contributed by atoms with Crippen LogP contribution in [0.2, 0.25) is 0 Å². The molecule has 2 aliphatic rings. The Morgan fingerprint density at radius 3 is 2.39 bits per heavy atom. The molecule has 0 spiro atoms.